The summed E-state index contributed by atoms with van der Waals surface area (Å²) in [4.78, 5) is 16.1. The largest absolute Gasteiger partial charge is 0.353 e. The third-order valence-electron chi connectivity index (χ3n) is 3.88. The standard InChI is InChI=1S/C19H20N2OS/c1-15-6-3-7-16(12-15)19(22)21(14-18-9-5-11-23-18)13-17-8-4-10-20(17)2/h3-12H,13-14H2,1-2H3. The molecule has 0 aliphatic heterocycles. The molecule has 0 bridgehead atoms. The van der Waals surface area contributed by atoms with Crippen LogP contribution in [-0.4, -0.2) is 15.4 Å². The van der Waals surface area contributed by atoms with Gasteiger partial charge in [-0.3, -0.25) is 4.79 Å². The van der Waals surface area contributed by atoms with Crippen molar-refractivity contribution in [2.24, 2.45) is 7.05 Å². The molecular formula is C19H20N2OS. The molecule has 0 saturated heterocycles. The van der Waals surface area contributed by atoms with E-state index in [0.717, 1.165) is 16.8 Å². The zero-order chi connectivity index (χ0) is 16.2. The van der Waals surface area contributed by atoms with Crippen molar-refractivity contribution in [2.45, 2.75) is 20.0 Å². The van der Waals surface area contributed by atoms with E-state index >= 15 is 0 Å². The molecule has 0 atom stereocenters. The Morgan fingerprint density at radius 1 is 1.13 bits per heavy atom. The number of nitrogens with zero attached hydrogens (tertiary/aromatic N) is 2. The van der Waals surface area contributed by atoms with Crippen molar-refractivity contribution in [3.05, 3.63) is 81.8 Å². The Hall–Kier alpha value is -2.33. The lowest BCUT2D eigenvalue weighted by molar-refractivity contribution is 0.0728. The summed E-state index contributed by atoms with van der Waals surface area (Å²) in [5.74, 6) is 0.0725. The molecular weight excluding hydrogens is 304 g/mol. The molecule has 1 amide bonds. The van der Waals surface area contributed by atoms with Crippen LogP contribution in [0, 0.1) is 6.92 Å². The van der Waals surface area contributed by atoms with Gasteiger partial charge in [-0.05, 0) is 42.6 Å². The van der Waals surface area contributed by atoms with Crippen molar-refractivity contribution in [3.63, 3.8) is 0 Å². The van der Waals surface area contributed by atoms with Crippen LogP contribution in [0.25, 0.3) is 0 Å². The van der Waals surface area contributed by atoms with Gasteiger partial charge in [0.2, 0.25) is 0 Å². The van der Waals surface area contributed by atoms with Crippen molar-refractivity contribution in [3.8, 4) is 0 Å². The highest BCUT2D eigenvalue weighted by atomic mass is 32.1. The summed E-state index contributed by atoms with van der Waals surface area (Å²) < 4.78 is 2.06. The Bertz CT molecular complexity index is 789. The molecule has 0 saturated carbocycles. The van der Waals surface area contributed by atoms with Crippen LogP contribution in [-0.2, 0) is 20.1 Å². The summed E-state index contributed by atoms with van der Waals surface area (Å²) in [7, 11) is 2.01. The lowest BCUT2D eigenvalue weighted by atomic mass is 10.1. The van der Waals surface area contributed by atoms with Gasteiger partial charge in [0.1, 0.15) is 0 Å². The van der Waals surface area contributed by atoms with E-state index in [2.05, 4.69) is 16.7 Å². The first-order chi connectivity index (χ1) is 11.1. The summed E-state index contributed by atoms with van der Waals surface area (Å²) in [5.41, 5.74) is 2.98. The van der Waals surface area contributed by atoms with Crippen LogP contribution in [0.4, 0.5) is 0 Å². The van der Waals surface area contributed by atoms with Gasteiger partial charge in [-0.15, -0.1) is 11.3 Å². The van der Waals surface area contributed by atoms with E-state index in [1.807, 2.05) is 66.8 Å². The summed E-state index contributed by atoms with van der Waals surface area (Å²) in [5, 5.41) is 2.05. The third-order valence-corrected chi connectivity index (χ3v) is 4.74. The van der Waals surface area contributed by atoms with E-state index in [0.29, 0.717) is 13.1 Å². The molecule has 3 nitrogen and oxygen atoms in total. The summed E-state index contributed by atoms with van der Waals surface area (Å²) in [6.07, 6.45) is 2.01. The molecule has 0 aliphatic rings. The topological polar surface area (TPSA) is 25.2 Å². The SMILES string of the molecule is Cc1cccc(C(=O)N(Cc2cccs2)Cc2cccn2C)c1. The molecule has 2 aromatic heterocycles. The maximum Gasteiger partial charge on any atom is 0.254 e. The first kappa shape index (κ1) is 15.6. The zero-order valence-electron chi connectivity index (χ0n) is 13.4. The monoisotopic (exact) mass is 324 g/mol. The number of benzene rings is 1. The highest BCUT2D eigenvalue weighted by Gasteiger charge is 2.18. The van der Waals surface area contributed by atoms with E-state index in [-0.39, 0.29) is 5.91 Å². The van der Waals surface area contributed by atoms with Crippen LogP contribution < -0.4 is 0 Å². The minimum absolute atomic E-state index is 0.0725. The van der Waals surface area contributed by atoms with Gasteiger partial charge in [0, 0.05) is 29.4 Å². The number of carbonyl (C=O) groups excluding carboxylic acids is 1. The molecule has 0 spiro atoms. The van der Waals surface area contributed by atoms with Crippen LogP contribution in [0.1, 0.15) is 26.5 Å². The fraction of sp³-hybridized carbons (Fsp3) is 0.211. The van der Waals surface area contributed by atoms with Crippen molar-refractivity contribution in [1.29, 1.82) is 0 Å². The molecule has 0 fully saturated rings. The highest BCUT2D eigenvalue weighted by molar-refractivity contribution is 7.09. The molecule has 0 radical (unpaired) electrons. The van der Waals surface area contributed by atoms with Crippen LogP contribution in [0.2, 0.25) is 0 Å². The van der Waals surface area contributed by atoms with Gasteiger partial charge in [0.05, 0.1) is 13.1 Å². The van der Waals surface area contributed by atoms with Gasteiger partial charge >= 0.3 is 0 Å². The summed E-state index contributed by atoms with van der Waals surface area (Å²) in [6, 6.07) is 16.0. The zero-order valence-corrected chi connectivity index (χ0v) is 14.2. The first-order valence-corrected chi connectivity index (χ1v) is 8.50. The predicted octanol–water partition coefficient (Wildman–Crippen LogP) is 4.24. The second-order valence-electron chi connectivity index (χ2n) is 5.72. The Morgan fingerprint density at radius 3 is 2.65 bits per heavy atom. The fourth-order valence-corrected chi connectivity index (χ4v) is 3.33. The number of amides is 1. The highest BCUT2D eigenvalue weighted by Crippen LogP contribution is 2.18. The molecule has 4 heteroatoms. The average molecular weight is 324 g/mol. The van der Waals surface area contributed by atoms with Crippen LogP contribution >= 0.6 is 11.3 Å². The van der Waals surface area contributed by atoms with Gasteiger partial charge in [-0.2, -0.15) is 0 Å². The molecule has 3 aromatic rings. The Morgan fingerprint density at radius 2 is 2.00 bits per heavy atom. The Labute approximate surface area is 140 Å². The third kappa shape index (κ3) is 3.71. The number of rotatable bonds is 5. The minimum Gasteiger partial charge on any atom is -0.353 e. The quantitative estimate of drug-likeness (QED) is 0.689. The maximum atomic E-state index is 13.0. The van der Waals surface area contributed by atoms with Crippen LogP contribution in [0.15, 0.2) is 60.1 Å². The van der Waals surface area contributed by atoms with Gasteiger partial charge < -0.3 is 9.47 Å². The van der Waals surface area contributed by atoms with E-state index in [1.165, 1.54) is 4.88 Å². The van der Waals surface area contributed by atoms with Crippen molar-refractivity contribution < 1.29 is 4.79 Å². The van der Waals surface area contributed by atoms with Gasteiger partial charge in [0.15, 0.2) is 0 Å². The molecule has 0 unspecified atom stereocenters. The summed E-state index contributed by atoms with van der Waals surface area (Å²) in [6.45, 7) is 3.25. The van der Waals surface area contributed by atoms with E-state index < -0.39 is 0 Å². The number of hydrogen-bond donors (Lipinski definition) is 0. The van der Waals surface area contributed by atoms with Gasteiger partial charge in [0.25, 0.3) is 5.91 Å². The number of aromatic nitrogens is 1. The molecule has 118 valence electrons. The lowest BCUT2D eigenvalue weighted by Gasteiger charge is -2.23. The predicted molar refractivity (Wildman–Crippen MR) is 94.5 cm³/mol. The number of aryl methyl sites for hydroxylation is 2. The van der Waals surface area contributed by atoms with Crippen molar-refractivity contribution in [2.75, 3.05) is 0 Å². The smallest absolute Gasteiger partial charge is 0.254 e. The lowest BCUT2D eigenvalue weighted by Crippen LogP contribution is -2.30. The van der Waals surface area contributed by atoms with Crippen molar-refractivity contribution >= 4 is 17.2 Å². The Kier molecular flexibility index (Phi) is 4.63. The molecule has 23 heavy (non-hydrogen) atoms. The van der Waals surface area contributed by atoms with Crippen LogP contribution in [0.3, 0.4) is 0 Å². The normalized spacial score (nSPS) is 10.7. The van der Waals surface area contributed by atoms with Gasteiger partial charge in [-0.1, -0.05) is 23.8 Å². The van der Waals surface area contributed by atoms with E-state index in [4.69, 9.17) is 0 Å². The molecule has 1 aromatic carbocycles. The second-order valence-corrected chi connectivity index (χ2v) is 6.75. The van der Waals surface area contributed by atoms with Crippen molar-refractivity contribution in [1.82, 2.24) is 9.47 Å². The fourth-order valence-electron chi connectivity index (χ4n) is 2.61. The average Bonchev–Trinajstić information content (AvgIpc) is 3.18. The molecule has 3 rings (SSSR count). The Balaban J connectivity index is 1.87. The minimum atomic E-state index is 0.0725. The molecule has 0 aliphatic carbocycles. The second kappa shape index (κ2) is 6.84. The maximum absolute atomic E-state index is 13.0. The number of hydrogen-bond acceptors (Lipinski definition) is 2. The summed E-state index contributed by atoms with van der Waals surface area (Å²) >= 11 is 1.68. The molecule has 2 heterocycles. The van der Waals surface area contributed by atoms with E-state index in [9.17, 15) is 4.79 Å². The van der Waals surface area contributed by atoms with E-state index in [1.54, 1.807) is 11.3 Å². The van der Waals surface area contributed by atoms with Gasteiger partial charge in [-0.25, -0.2) is 0 Å². The number of thiophene rings is 1. The van der Waals surface area contributed by atoms with Crippen LogP contribution in [0.5, 0.6) is 0 Å². The molecule has 0 N–H and O–H groups in total. The first-order valence-electron chi connectivity index (χ1n) is 7.62. The number of carbonyl (C=O) groups is 1.